The molecule has 0 saturated heterocycles. The monoisotopic (exact) mass is 316 g/mol. The van der Waals surface area contributed by atoms with Gasteiger partial charge in [0.25, 0.3) is 0 Å². The maximum absolute atomic E-state index is 11.4. The summed E-state index contributed by atoms with van der Waals surface area (Å²) < 4.78 is 0. The third-order valence-electron chi connectivity index (χ3n) is 7.41. The summed E-state index contributed by atoms with van der Waals surface area (Å²) in [5.41, 5.74) is 1.91. The number of carbonyl (C=O) groups is 1. The largest absolute Gasteiger partial charge is 0.393 e. The molecule has 0 radical (unpaired) electrons. The second kappa shape index (κ2) is 6.20. The Kier molecular flexibility index (Phi) is 4.57. The van der Waals surface area contributed by atoms with Crippen molar-refractivity contribution in [1.82, 2.24) is 0 Å². The van der Waals surface area contributed by atoms with Crippen molar-refractivity contribution >= 4 is 6.29 Å². The number of hydrogen-bond donors (Lipinski definition) is 1. The SMILES string of the molecule is C/C=C/[C@@]1(C)CC[C@H]2[C@@H](CC=C3C[C@@H](O)CC[C@@]32C)[C@@H]1CC=O. The molecule has 6 atom stereocenters. The van der Waals surface area contributed by atoms with Crippen LogP contribution in [-0.4, -0.2) is 17.5 Å². The van der Waals surface area contributed by atoms with Crippen molar-refractivity contribution in [3.8, 4) is 0 Å². The summed E-state index contributed by atoms with van der Waals surface area (Å²) >= 11 is 0. The average Bonchev–Trinajstić information content (AvgIpc) is 2.51. The molecule has 2 heteroatoms. The summed E-state index contributed by atoms with van der Waals surface area (Å²) in [7, 11) is 0. The van der Waals surface area contributed by atoms with Crippen LogP contribution < -0.4 is 0 Å². The van der Waals surface area contributed by atoms with E-state index in [4.69, 9.17) is 0 Å². The van der Waals surface area contributed by atoms with Crippen molar-refractivity contribution in [3.05, 3.63) is 23.8 Å². The fourth-order valence-electron chi connectivity index (χ4n) is 6.12. The van der Waals surface area contributed by atoms with Gasteiger partial charge in [-0.25, -0.2) is 0 Å². The predicted molar refractivity (Wildman–Crippen MR) is 94.0 cm³/mol. The zero-order valence-corrected chi connectivity index (χ0v) is 14.9. The van der Waals surface area contributed by atoms with Crippen LogP contribution in [0.15, 0.2) is 23.8 Å². The van der Waals surface area contributed by atoms with Gasteiger partial charge in [0, 0.05) is 6.42 Å². The molecule has 0 aromatic rings. The number of fused-ring (bicyclic) bond motifs is 3. The summed E-state index contributed by atoms with van der Waals surface area (Å²) in [6.45, 7) is 6.87. The average molecular weight is 316 g/mol. The molecule has 0 heterocycles. The van der Waals surface area contributed by atoms with E-state index in [2.05, 4.69) is 39.0 Å². The normalized spacial score (nSPS) is 46.9. The van der Waals surface area contributed by atoms with E-state index >= 15 is 0 Å². The van der Waals surface area contributed by atoms with E-state index in [-0.39, 0.29) is 16.9 Å². The molecule has 128 valence electrons. The van der Waals surface area contributed by atoms with Crippen LogP contribution in [0.25, 0.3) is 0 Å². The summed E-state index contributed by atoms with van der Waals surface area (Å²) in [6, 6.07) is 0. The summed E-state index contributed by atoms with van der Waals surface area (Å²) in [5.74, 6) is 1.74. The van der Waals surface area contributed by atoms with Crippen LogP contribution in [0.3, 0.4) is 0 Å². The smallest absolute Gasteiger partial charge is 0.120 e. The van der Waals surface area contributed by atoms with E-state index in [1.165, 1.54) is 18.4 Å². The quantitative estimate of drug-likeness (QED) is 0.606. The predicted octanol–water partition coefficient (Wildman–Crippen LogP) is 4.68. The molecule has 0 spiro atoms. The lowest BCUT2D eigenvalue weighted by Crippen LogP contribution is -2.50. The van der Waals surface area contributed by atoms with Crippen molar-refractivity contribution in [2.75, 3.05) is 0 Å². The van der Waals surface area contributed by atoms with Gasteiger partial charge >= 0.3 is 0 Å². The van der Waals surface area contributed by atoms with Crippen LogP contribution in [0.2, 0.25) is 0 Å². The summed E-state index contributed by atoms with van der Waals surface area (Å²) in [5, 5.41) is 10.1. The molecule has 1 N–H and O–H groups in total. The van der Waals surface area contributed by atoms with Crippen LogP contribution in [0, 0.1) is 28.6 Å². The molecule has 0 aromatic heterocycles. The number of allylic oxidation sites excluding steroid dienone is 3. The van der Waals surface area contributed by atoms with Crippen molar-refractivity contribution < 1.29 is 9.90 Å². The van der Waals surface area contributed by atoms with E-state index in [9.17, 15) is 9.90 Å². The minimum atomic E-state index is -0.145. The summed E-state index contributed by atoms with van der Waals surface area (Å²) in [4.78, 5) is 11.4. The fourth-order valence-corrected chi connectivity index (χ4v) is 6.12. The van der Waals surface area contributed by atoms with E-state index in [0.717, 1.165) is 32.0 Å². The molecule has 0 aromatic carbocycles. The second-order valence-corrected chi connectivity index (χ2v) is 8.60. The second-order valence-electron chi connectivity index (χ2n) is 8.60. The molecular formula is C21H32O2. The Morgan fingerprint density at radius 2 is 2.09 bits per heavy atom. The molecule has 2 saturated carbocycles. The van der Waals surface area contributed by atoms with Crippen LogP contribution in [0.5, 0.6) is 0 Å². The lowest BCUT2D eigenvalue weighted by Gasteiger charge is -2.58. The molecule has 23 heavy (non-hydrogen) atoms. The van der Waals surface area contributed by atoms with Crippen molar-refractivity contribution in [2.45, 2.75) is 71.8 Å². The number of hydrogen-bond acceptors (Lipinski definition) is 2. The van der Waals surface area contributed by atoms with E-state index in [1.807, 2.05) is 0 Å². The van der Waals surface area contributed by atoms with E-state index < -0.39 is 0 Å². The van der Waals surface area contributed by atoms with Gasteiger partial charge in [0.15, 0.2) is 0 Å². The topological polar surface area (TPSA) is 37.3 Å². The number of rotatable bonds is 3. The van der Waals surface area contributed by atoms with Crippen LogP contribution in [-0.2, 0) is 4.79 Å². The summed E-state index contributed by atoms with van der Waals surface area (Å²) in [6.07, 6.45) is 15.0. The highest BCUT2D eigenvalue weighted by Crippen LogP contribution is 2.61. The van der Waals surface area contributed by atoms with E-state index in [1.54, 1.807) is 0 Å². The van der Waals surface area contributed by atoms with E-state index in [0.29, 0.717) is 24.2 Å². The van der Waals surface area contributed by atoms with Gasteiger partial charge in [-0.15, -0.1) is 0 Å². The highest BCUT2D eigenvalue weighted by molar-refractivity contribution is 5.50. The molecular weight excluding hydrogens is 284 g/mol. The first-order chi connectivity index (χ1) is 10.9. The molecule has 3 rings (SSSR count). The van der Waals surface area contributed by atoms with Crippen LogP contribution in [0.1, 0.15) is 65.7 Å². The van der Waals surface area contributed by atoms with Gasteiger partial charge in [0.05, 0.1) is 6.10 Å². The first-order valence-electron chi connectivity index (χ1n) is 9.39. The lowest BCUT2D eigenvalue weighted by molar-refractivity contribution is -0.112. The maximum atomic E-state index is 11.4. The highest BCUT2D eigenvalue weighted by Gasteiger charge is 2.53. The Bertz CT molecular complexity index is 520. The first-order valence-corrected chi connectivity index (χ1v) is 9.39. The van der Waals surface area contributed by atoms with Gasteiger partial charge < -0.3 is 9.90 Å². The van der Waals surface area contributed by atoms with Gasteiger partial charge in [-0.2, -0.15) is 0 Å². The van der Waals surface area contributed by atoms with Gasteiger partial charge in [-0.1, -0.05) is 37.6 Å². The van der Waals surface area contributed by atoms with Gasteiger partial charge in [0.1, 0.15) is 6.29 Å². The zero-order chi connectivity index (χ0) is 16.7. The fraction of sp³-hybridized carbons (Fsp3) is 0.762. The number of aliphatic hydroxyl groups excluding tert-OH is 1. The number of aldehydes is 1. The van der Waals surface area contributed by atoms with Crippen molar-refractivity contribution in [2.24, 2.45) is 28.6 Å². The molecule has 0 amide bonds. The molecule has 0 bridgehead atoms. The molecule has 0 aliphatic heterocycles. The molecule has 2 fully saturated rings. The third kappa shape index (κ3) is 2.73. The molecule has 3 aliphatic rings. The van der Waals surface area contributed by atoms with Crippen LogP contribution >= 0.6 is 0 Å². The van der Waals surface area contributed by atoms with Crippen LogP contribution in [0.4, 0.5) is 0 Å². The maximum Gasteiger partial charge on any atom is 0.120 e. The van der Waals surface area contributed by atoms with Gasteiger partial charge in [-0.05, 0) is 74.0 Å². The minimum Gasteiger partial charge on any atom is -0.393 e. The Balaban J connectivity index is 1.95. The Labute approximate surface area is 141 Å². The molecule has 3 aliphatic carbocycles. The number of aliphatic hydroxyl groups is 1. The standard InChI is InChI=1S/C21H32O2/c1-4-10-20(2)11-8-19-17(18(20)9-13-22)6-5-15-14-16(23)7-12-21(15,19)3/h4-5,10,13,16-19,23H,6-9,11-12,14H2,1-3H3/b10-4+/t16-,17-,18-,19-,20-,21-/m0/s1. The van der Waals surface area contributed by atoms with Crippen molar-refractivity contribution in [1.29, 1.82) is 0 Å². The lowest BCUT2D eigenvalue weighted by atomic mass is 9.47. The van der Waals surface area contributed by atoms with Gasteiger partial charge in [0.2, 0.25) is 0 Å². The minimum absolute atomic E-state index is 0.145. The third-order valence-corrected chi connectivity index (χ3v) is 7.41. The zero-order valence-electron chi connectivity index (χ0n) is 14.9. The first kappa shape index (κ1) is 17.0. The Hall–Kier alpha value is -0.890. The Morgan fingerprint density at radius 3 is 2.78 bits per heavy atom. The van der Waals surface area contributed by atoms with Gasteiger partial charge in [-0.3, -0.25) is 0 Å². The Morgan fingerprint density at radius 1 is 1.30 bits per heavy atom. The molecule has 2 nitrogen and oxygen atoms in total. The molecule has 0 unspecified atom stereocenters. The highest BCUT2D eigenvalue weighted by atomic mass is 16.3. The van der Waals surface area contributed by atoms with Crippen molar-refractivity contribution in [3.63, 3.8) is 0 Å². The number of carbonyl (C=O) groups excluding carboxylic acids is 1.